The molecule has 0 aliphatic carbocycles. The molecule has 0 spiro atoms. The monoisotopic (exact) mass is 200 g/mol. The summed E-state index contributed by atoms with van der Waals surface area (Å²) in [4.78, 5) is 1.32. The standard InChI is InChI=1S/C10H13ClS/c1-4-12-9-5-7(2)10(11)8(3)6-9/h5-6H,4H2,1-3H3. The van der Waals surface area contributed by atoms with Crippen LogP contribution in [0.2, 0.25) is 5.02 Å². The molecule has 0 atom stereocenters. The van der Waals surface area contributed by atoms with Crippen molar-refractivity contribution in [3.8, 4) is 0 Å². The lowest BCUT2D eigenvalue weighted by Gasteiger charge is -2.05. The number of aryl methyl sites for hydroxylation is 2. The smallest absolute Gasteiger partial charge is 0.0465 e. The average Bonchev–Trinajstić information content (AvgIpc) is 2.01. The van der Waals surface area contributed by atoms with Gasteiger partial charge in [0.05, 0.1) is 0 Å². The Balaban J connectivity index is 3.04. The molecule has 0 aromatic heterocycles. The summed E-state index contributed by atoms with van der Waals surface area (Å²) < 4.78 is 0. The van der Waals surface area contributed by atoms with Gasteiger partial charge in [-0.2, -0.15) is 0 Å². The van der Waals surface area contributed by atoms with E-state index >= 15 is 0 Å². The van der Waals surface area contributed by atoms with Crippen LogP contribution in [0.15, 0.2) is 17.0 Å². The predicted octanol–water partition coefficient (Wildman–Crippen LogP) is 4.07. The second-order valence-corrected chi connectivity index (χ2v) is 4.52. The molecule has 0 amide bonds. The van der Waals surface area contributed by atoms with E-state index in [1.54, 1.807) is 0 Å². The lowest BCUT2D eigenvalue weighted by molar-refractivity contribution is 1.29. The van der Waals surface area contributed by atoms with Crippen molar-refractivity contribution in [1.82, 2.24) is 0 Å². The minimum Gasteiger partial charge on any atom is -0.126 e. The van der Waals surface area contributed by atoms with E-state index < -0.39 is 0 Å². The van der Waals surface area contributed by atoms with Crippen LogP contribution < -0.4 is 0 Å². The molecule has 0 bridgehead atoms. The quantitative estimate of drug-likeness (QED) is 0.649. The van der Waals surface area contributed by atoms with E-state index in [1.165, 1.54) is 16.0 Å². The molecule has 0 saturated heterocycles. The van der Waals surface area contributed by atoms with Crippen molar-refractivity contribution < 1.29 is 0 Å². The number of hydrogen-bond acceptors (Lipinski definition) is 1. The Bertz CT molecular complexity index is 258. The van der Waals surface area contributed by atoms with Gasteiger partial charge in [-0.1, -0.05) is 18.5 Å². The average molecular weight is 201 g/mol. The van der Waals surface area contributed by atoms with Crippen LogP contribution in [0.4, 0.5) is 0 Å². The van der Waals surface area contributed by atoms with Gasteiger partial charge >= 0.3 is 0 Å². The molecule has 0 aliphatic heterocycles. The summed E-state index contributed by atoms with van der Waals surface area (Å²) in [5.41, 5.74) is 2.35. The summed E-state index contributed by atoms with van der Waals surface area (Å²) in [6.45, 7) is 6.26. The van der Waals surface area contributed by atoms with Crippen molar-refractivity contribution in [1.29, 1.82) is 0 Å². The number of halogens is 1. The van der Waals surface area contributed by atoms with Crippen molar-refractivity contribution in [3.05, 3.63) is 28.3 Å². The van der Waals surface area contributed by atoms with E-state index in [-0.39, 0.29) is 0 Å². The van der Waals surface area contributed by atoms with E-state index in [4.69, 9.17) is 11.6 Å². The van der Waals surface area contributed by atoms with Gasteiger partial charge in [0.2, 0.25) is 0 Å². The van der Waals surface area contributed by atoms with Crippen LogP contribution in [0, 0.1) is 13.8 Å². The number of rotatable bonds is 2. The molecular weight excluding hydrogens is 188 g/mol. The Kier molecular flexibility index (Phi) is 3.48. The maximum Gasteiger partial charge on any atom is 0.0465 e. The maximum absolute atomic E-state index is 6.04. The highest BCUT2D eigenvalue weighted by Gasteiger charge is 2.01. The van der Waals surface area contributed by atoms with Gasteiger partial charge in [0.1, 0.15) is 0 Å². The first-order valence-corrected chi connectivity index (χ1v) is 5.41. The third-order valence-electron chi connectivity index (χ3n) is 1.72. The topological polar surface area (TPSA) is 0 Å². The second kappa shape index (κ2) is 4.20. The van der Waals surface area contributed by atoms with Gasteiger partial charge < -0.3 is 0 Å². The van der Waals surface area contributed by atoms with Crippen molar-refractivity contribution in [2.75, 3.05) is 5.75 Å². The Morgan fingerprint density at radius 1 is 1.25 bits per heavy atom. The third-order valence-corrected chi connectivity index (χ3v) is 3.17. The molecule has 0 fully saturated rings. The minimum absolute atomic E-state index is 0.899. The minimum atomic E-state index is 0.899. The molecule has 1 aromatic rings. The molecule has 2 heteroatoms. The lowest BCUT2D eigenvalue weighted by Crippen LogP contribution is -1.83. The highest BCUT2D eigenvalue weighted by molar-refractivity contribution is 7.99. The molecule has 1 aromatic carbocycles. The SMILES string of the molecule is CCSc1cc(C)c(Cl)c(C)c1. The first kappa shape index (κ1) is 9.94. The zero-order valence-corrected chi connectivity index (χ0v) is 9.22. The van der Waals surface area contributed by atoms with E-state index in [9.17, 15) is 0 Å². The molecule has 0 nitrogen and oxygen atoms in total. The van der Waals surface area contributed by atoms with Gasteiger partial charge in [-0.25, -0.2) is 0 Å². The fourth-order valence-corrected chi connectivity index (χ4v) is 2.12. The fourth-order valence-electron chi connectivity index (χ4n) is 1.16. The Morgan fingerprint density at radius 3 is 2.17 bits per heavy atom. The summed E-state index contributed by atoms with van der Waals surface area (Å²) in [5, 5.41) is 0.899. The van der Waals surface area contributed by atoms with Gasteiger partial charge in [0, 0.05) is 9.92 Å². The van der Waals surface area contributed by atoms with Crippen LogP contribution in [-0.4, -0.2) is 5.75 Å². The van der Waals surface area contributed by atoms with E-state index in [0.29, 0.717) is 0 Å². The fraction of sp³-hybridized carbons (Fsp3) is 0.400. The van der Waals surface area contributed by atoms with Gasteiger partial charge in [-0.3, -0.25) is 0 Å². The summed E-state index contributed by atoms with van der Waals surface area (Å²) >= 11 is 7.89. The largest absolute Gasteiger partial charge is 0.126 e. The van der Waals surface area contributed by atoms with Crippen LogP contribution in [-0.2, 0) is 0 Å². The lowest BCUT2D eigenvalue weighted by atomic mass is 10.2. The molecular formula is C10H13ClS. The van der Waals surface area contributed by atoms with E-state index in [2.05, 4.69) is 32.9 Å². The normalized spacial score (nSPS) is 10.3. The zero-order valence-electron chi connectivity index (χ0n) is 7.65. The van der Waals surface area contributed by atoms with Gasteiger partial charge in [-0.15, -0.1) is 11.8 Å². The van der Waals surface area contributed by atoms with Gasteiger partial charge in [-0.05, 0) is 42.9 Å². The predicted molar refractivity (Wildman–Crippen MR) is 57.3 cm³/mol. The summed E-state index contributed by atoms with van der Waals surface area (Å²) in [7, 11) is 0. The Hall–Kier alpha value is -0.140. The van der Waals surface area contributed by atoms with Crippen LogP contribution in [0.3, 0.4) is 0 Å². The third kappa shape index (κ3) is 2.18. The molecule has 0 radical (unpaired) electrons. The zero-order chi connectivity index (χ0) is 9.14. The van der Waals surface area contributed by atoms with Crippen LogP contribution in [0.25, 0.3) is 0 Å². The van der Waals surface area contributed by atoms with Crippen molar-refractivity contribution in [2.45, 2.75) is 25.7 Å². The first-order valence-electron chi connectivity index (χ1n) is 4.04. The summed E-state index contributed by atoms with van der Waals surface area (Å²) in [6, 6.07) is 4.28. The van der Waals surface area contributed by atoms with Gasteiger partial charge in [0.15, 0.2) is 0 Å². The van der Waals surface area contributed by atoms with Crippen LogP contribution >= 0.6 is 23.4 Å². The molecule has 0 saturated carbocycles. The van der Waals surface area contributed by atoms with Crippen molar-refractivity contribution >= 4 is 23.4 Å². The van der Waals surface area contributed by atoms with Gasteiger partial charge in [0.25, 0.3) is 0 Å². The Labute approximate surface area is 83.3 Å². The molecule has 0 aliphatic rings. The van der Waals surface area contributed by atoms with Crippen LogP contribution in [0.1, 0.15) is 18.1 Å². The Morgan fingerprint density at radius 2 is 1.75 bits per heavy atom. The molecule has 1 rings (SSSR count). The van der Waals surface area contributed by atoms with Crippen molar-refractivity contribution in [3.63, 3.8) is 0 Å². The van der Waals surface area contributed by atoms with Crippen LogP contribution in [0.5, 0.6) is 0 Å². The highest BCUT2D eigenvalue weighted by Crippen LogP contribution is 2.27. The summed E-state index contributed by atoms with van der Waals surface area (Å²) in [6.07, 6.45) is 0. The molecule has 0 unspecified atom stereocenters. The van der Waals surface area contributed by atoms with E-state index in [0.717, 1.165) is 10.8 Å². The first-order chi connectivity index (χ1) is 5.65. The summed E-state index contributed by atoms with van der Waals surface area (Å²) in [5.74, 6) is 1.11. The highest BCUT2D eigenvalue weighted by atomic mass is 35.5. The maximum atomic E-state index is 6.04. The molecule has 66 valence electrons. The number of benzene rings is 1. The van der Waals surface area contributed by atoms with Crippen molar-refractivity contribution in [2.24, 2.45) is 0 Å². The number of thioether (sulfide) groups is 1. The number of hydrogen-bond donors (Lipinski definition) is 0. The second-order valence-electron chi connectivity index (χ2n) is 2.80. The molecule has 0 N–H and O–H groups in total. The molecule has 12 heavy (non-hydrogen) atoms. The van der Waals surface area contributed by atoms with E-state index in [1.807, 2.05) is 11.8 Å². The molecule has 0 heterocycles.